The van der Waals surface area contributed by atoms with Gasteiger partial charge < -0.3 is 14.8 Å². The lowest BCUT2D eigenvalue weighted by molar-refractivity contribution is 0.171. The monoisotopic (exact) mass is 285 g/mol. The molecule has 3 nitrogen and oxygen atoms in total. The first-order valence-corrected chi connectivity index (χ1v) is 8.47. The second kappa shape index (κ2) is 4.39. The van der Waals surface area contributed by atoms with Crippen molar-refractivity contribution in [2.75, 3.05) is 13.2 Å². The van der Waals surface area contributed by atoms with Gasteiger partial charge in [-0.25, -0.2) is 0 Å². The Bertz CT molecular complexity index is 556. The van der Waals surface area contributed by atoms with Gasteiger partial charge in [0.15, 0.2) is 11.5 Å². The molecule has 4 aliphatic rings. The Hall–Kier alpha value is -1.22. The Morgan fingerprint density at radius 1 is 1.05 bits per heavy atom. The highest BCUT2D eigenvalue weighted by atomic mass is 16.6. The Balaban J connectivity index is 1.30. The molecule has 5 rings (SSSR count). The molecule has 0 spiro atoms. The minimum absolute atomic E-state index is 0.399. The lowest BCUT2D eigenvalue weighted by atomic mass is 10.0. The molecule has 2 bridgehead atoms. The molecule has 3 saturated carbocycles. The fourth-order valence-electron chi connectivity index (χ4n) is 5.26. The van der Waals surface area contributed by atoms with E-state index in [0.29, 0.717) is 19.3 Å². The first-order chi connectivity index (χ1) is 10.3. The van der Waals surface area contributed by atoms with Crippen molar-refractivity contribution in [3.05, 3.63) is 23.8 Å². The maximum Gasteiger partial charge on any atom is 0.161 e. The number of fused-ring (bicyclic) bond motifs is 6. The van der Waals surface area contributed by atoms with Crippen molar-refractivity contribution in [3.63, 3.8) is 0 Å². The highest BCUT2D eigenvalue weighted by molar-refractivity contribution is 5.44. The molecule has 3 fully saturated rings. The van der Waals surface area contributed by atoms with Gasteiger partial charge in [0.2, 0.25) is 0 Å². The molecule has 1 aromatic rings. The van der Waals surface area contributed by atoms with E-state index in [4.69, 9.17) is 9.47 Å². The molecule has 1 heterocycles. The van der Waals surface area contributed by atoms with Crippen molar-refractivity contribution in [1.29, 1.82) is 0 Å². The van der Waals surface area contributed by atoms with Gasteiger partial charge in [0.05, 0.1) is 0 Å². The number of rotatable bonds is 3. The van der Waals surface area contributed by atoms with Crippen molar-refractivity contribution < 1.29 is 9.47 Å². The highest BCUT2D eigenvalue weighted by Crippen LogP contribution is 2.65. The SMILES string of the molecule is CC(NC1C2C3CCC(C3)C12)c1ccc2c(c1)OCCO2. The summed E-state index contributed by atoms with van der Waals surface area (Å²) in [6, 6.07) is 7.56. The summed E-state index contributed by atoms with van der Waals surface area (Å²) in [7, 11) is 0. The molecule has 5 atom stereocenters. The van der Waals surface area contributed by atoms with Gasteiger partial charge in [-0.15, -0.1) is 0 Å². The van der Waals surface area contributed by atoms with E-state index in [2.05, 4.69) is 30.4 Å². The average molecular weight is 285 g/mol. The number of ether oxygens (including phenoxy) is 2. The topological polar surface area (TPSA) is 30.5 Å². The van der Waals surface area contributed by atoms with Crippen LogP contribution < -0.4 is 14.8 Å². The van der Waals surface area contributed by atoms with Crippen molar-refractivity contribution in [3.8, 4) is 11.5 Å². The van der Waals surface area contributed by atoms with Gasteiger partial charge >= 0.3 is 0 Å². The van der Waals surface area contributed by atoms with Gasteiger partial charge in [0.1, 0.15) is 13.2 Å². The molecule has 1 aromatic carbocycles. The number of benzene rings is 1. The predicted octanol–water partition coefficient (Wildman–Crippen LogP) is 3.15. The van der Waals surface area contributed by atoms with Crippen molar-refractivity contribution in [2.45, 2.75) is 38.3 Å². The number of nitrogens with one attached hydrogen (secondary N) is 1. The zero-order valence-corrected chi connectivity index (χ0v) is 12.5. The van der Waals surface area contributed by atoms with Gasteiger partial charge in [0, 0.05) is 12.1 Å². The second-order valence-corrected chi connectivity index (χ2v) is 7.31. The van der Waals surface area contributed by atoms with Crippen LogP contribution in [0.25, 0.3) is 0 Å². The van der Waals surface area contributed by atoms with Crippen LogP contribution in [0, 0.1) is 23.7 Å². The maximum atomic E-state index is 5.70. The first-order valence-electron chi connectivity index (χ1n) is 8.47. The molecule has 0 amide bonds. The van der Waals surface area contributed by atoms with E-state index in [0.717, 1.165) is 41.2 Å². The van der Waals surface area contributed by atoms with Crippen LogP contribution >= 0.6 is 0 Å². The van der Waals surface area contributed by atoms with Crippen LogP contribution in [0.2, 0.25) is 0 Å². The van der Waals surface area contributed by atoms with E-state index in [1.54, 1.807) is 0 Å². The van der Waals surface area contributed by atoms with Crippen LogP contribution in [-0.2, 0) is 0 Å². The van der Waals surface area contributed by atoms with Gasteiger partial charge in [-0.3, -0.25) is 0 Å². The van der Waals surface area contributed by atoms with Crippen LogP contribution in [0.15, 0.2) is 18.2 Å². The van der Waals surface area contributed by atoms with Gasteiger partial charge in [0.25, 0.3) is 0 Å². The fraction of sp³-hybridized carbons (Fsp3) is 0.667. The van der Waals surface area contributed by atoms with Crippen LogP contribution in [0.1, 0.15) is 37.8 Å². The summed E-state index contributed by atoms with van der Waals surface area (Å²) in [5.41, 5.74) is 1.32. The number of hydrogen-bond donors (Lipinski definition) is 1. The van der Waals surface area contributed by atoms with E-state index in [1.807, 2.05) is 0 Å². The molecular formula is C18H23NO2. The highest BCUT2D eigenvalue weighted by Gasteiger charge is 2.64. The molecule has 21 heavy (non-hydrogen) atoms. The van der Waals surface area contributed by atoms with Gasteiger partial charge in [-0.1, -0.05) is 6.07 Å². The summed E-state index contributed by atoms with van der Waals surface area (Å²) >= 11 is 0. The average Bonchev–Trinajstić information content (AvgIpc) is 2.91. The minimum atomic E-state index is 0.399. The summed E-state index contributed by atoms with van der Waals surface area (Å²) in [6.07, 6.45) is 4.50. The predicted molar refractivity (Wildman–Crippen MR) is 80.6 cm³/mol. The van der Waals surface area contributed by atoms with Crippen molar-refractivity contribution in [1.82, 2.24) is 5.32 Å². The molecule has 1 N–H and O–H groups in total. The third-order valence-corrected chi connectivity index (χ3v) is 6.24. The van der Waals surface area contributed by atoms with E-state index in [9.17, 15) is 0 Å². The van der Waals surface area contributed by atoms with Crippen LogP contribution in [0.5, 0.6) is 11.5 Å². The summed E-state index contributed by atoms with van der Waals surface area (Å²) in [5, 5.41) is 3.88. The Kier molecular flexibility index (Phi) is 2.58. The molecule has 0 saturated heterocycles. The normalized spacial score (nSPS) is 40.0. The first kappa shape index (κ1) is 12.3. The van der Waals surface area contributed by atoms with Gasteiger partial charge in [-0.2, -0.15) is 0 Å². The van der Waals surface area contributed by atoms with Gasteiger partial charge in [-0.05, 0) is 67.6 Å². The third kappa shape index (κ3) is 1.83. The lowest BCUT2D eigenvalue weighted by Crippen LogP contribution is -2.26. The van der Waals surface area contributed by atoms with Crippen molar-refractivity contribution >= 4 is 0 Å². The summed E-state index contributed by atoms with van der Waals surface area (Å²) in [6.45, 7) is 3.60. The standard InChI is InChI=1S/C18H23NO2/c1-10(11-4-5-14-15(9-11)21-7-6-20-14)19-18-16-12-2-3-13(8-12)17(16)18/h4-5,9-10,12-13,16-19H,2-3,6-8H2,1H3. The van der Waals surface area contributed by atoms with Crippen LogP contribution in [0.4, 0.5) is 0 Å². The van der Waals surface area contributed by atoms with Crippen LogP contribution in [0.3, 0.4) is 0 Å². The van der Waals surface area contributed by atoms with Crippen molar-refractivity contribution in [2.24, 2.45) is 23.7 Å². The summed E-state index contributed by atoms with van der Waals surface area (Å²) in [5.74, 6) is 5.84. The molecule has 3 aliphatic carbocycles. The Morgan fingerprint density at radius 3 is 2.52 bits per heavy atom. The largest absolute Gasteiger partial charge is 0.486 e. The molecule has 112 valence electrons. The Labute approximate surface area is 126 Å². The number of hydrogen-bond acceptors (Lipinski definition) is 3. The lowest BCUT2D eigenvalue weighted by Gasteiger charge is -2.22. The second-order valence-electron chi connectivity index (χ2n) is 7.31. The Morgan fingerprint density at radius 2 is 1.76 bits per heavy atom. The molecular weight excluding hydrogens is 262 g/mol. The van der Waals surface area contributed by atoms with E-state index in [1.165, 1.54) is 24.8 Å². The minimum Gasteiger partial charge on any atom is -0.486 e. The summed E-state index contributed by atoms with van der Waals surface area (Å²) in [4.78, 5) is 0. The molecule has 1 aliphatic heterocycles. The quantitative estimate of drug-likeness (QED) is 0.925. The third-order valence-electron chi connectivity index (χ3n) is 6.24. The molecule has 0 aromatic heterocycles. The zero-order valence-electron chi connectivity index (χ0n) is 12.5. The zero-order chi connectivity index (χ0) is 14.0. The fourth-order valence-corrected chi connectivity index (χ4v) is 5.26. The van der Waals surface area contributed by atoms with Crippen LogP contribution in [-0.4, -0.2) is 19.3 Å². The van der Waals surface area contributed by atoms with E-state index < -0.39 is 0 Å². The molecule has 0 radical (unpaired) electrons. The smallest absolute Gasteiger partial charge is 0.161 e. The van der Waals surface area contributed by atoms with E-state index >= 15 is 0 Å². The summed E-state index contributed by atoms with van der Waals surface area (Å²) < 4.78 is 11.3. The maximum absolute atomic E-state index is 5.70. The van der Waals surface area contributed by atoms with E-state index in [-0.39, 0.29) is 0 Å². The molecule has 5 unspecified atom stereocenters. The molecule has 3 heteroatoms.